The number of hydrogen-bond donors (Lipinski definition) is 0. The Labute approximate surface area is 201 Å². The first-order chi connectivity index (χ1) is 16.7. The van der Waals surface area contributed by atoms with Crippen molar-refractivity contribution in [3.05, 3.63) is 125 Å². The summed E-state index contributed by atoms with van der Waals surface area (Å²) in [4.78, 5) is 16.0. The van der Waals surface area contributed by atoms with Crippen LogP contribution in [-0.2, 0) is 30.6 Å². The molecule has 0 N–H and O–H groups in total. The van der Waals surface area contributed by atoms with Crippen LogP contribution in [0.25, 0.3) is 11.1 Å². The van der Waals surface area contributed by atoms with E-state index in [4.69, 9.17) is 4.74 Å². The van der Waals surface area contributed by atoms with E-state index in [1.165, 1.54) is 11.1 Å². The minimum Gasteiger partial charge on any atom is -0.497 e. The number of benzene rings is 4. The van der Waals surface area contributed by atoms with Gasteiger partial charge >= 0.3 is 0 Å². The van der Waals surface area contributed by atoms with Gasteiger partial charge in [-0.2, -0.15) is 0 Å². The van der Waals surface area contributed by atoms with Gasteiger partial charge in [0.2, 0.25) is 5.91 Å². The van der Waals surface area contributed by atoms with Crippen LogP contribution < -0.4 is 4.74 Å². The smallest absolute Gasteiger partial charge is 0.227 e. The molecule has 1 amide bonds. The third kappa shape index (κ3) is 4.74. The molecule has 0 saturated heterocycles. The molecular formula is C31H29NO2. The number of rotatable bonds is 7. The summed E-state index contributed by atoms with van der Waals surface area (Å²) >= 11 is 0. The van der Waals surface area contributed by atoms with Crippen molar-refractivity contribution in [2.24, 2.45) is 0 Å². The Balaban J connectivity index is 1.43. The van der Waals surface area contributed by atoms with Crippen LogP contribution in [0.2, 0.25) is 0 Å². The maximum Gasteiger partial charge on any atom is 0.227 e. The van der Waals surface area contributed by atoms with Gasteiger partial charge in [0, 0.05) is 12.6 Å². The standard InChI is InChI=1S/C31H29NO2/c1-34-29-16-9-15-26(20-29)30-17-8-7-14-27(30)21-31(33)32(22-23-10-3-2-4-11-23)28-18-24-12-5-6-13-25(24)19-28/h2-17,20,28H,18-19,21-22H2,1H3. The van der Waals surface area contributed by atoms with E-state index >= 15 is 0 Å². The van der Waals surface area contributed by atoms with E-state index in [0.29, 0.717) is 13.0 Å². The molecule has 1 aliphatic rings. The lowest BCUT2D eigenvalue weighted by Crippen LogP contribution is -2.41. The molecule has 0 aromatic heterocycles. The van der Waals surface area contributed by atoms with Crippen LogP contribution in [0.3, 0.4) is 0 Å². The van der Waals surface area contributed by atoms with Gasteiger partial charge < -0.3 is 9.64 Å². The van der Waals surface area contributed by atoms with Gasteiger partial charge in [0.15, 0.2) is 0 Å². The van der Waals surface area contributed by atoms with Gasteiger partial charge in [-0.3, -0.25) is 4.79 Å². The van der Waals surface area contributed by atoms with E-state index in [2.05, 4.69) is 59.5 Å². The predicted molar refractivity (Wildman–Crippen MR) is 137 cm³/mol. The molecule has 3 nitrogen and oxygen atoms in total. The second-order valence-corrected chi connectivity index (χ2v) is 8.90. The number of amides is 1. The molecule has 0 fully saturated rings. The SMILES string of the molecule is COc1cccc(-c2ccccc2CC(=O)N(Cc2ccccc2)C2Cc3ccccc3C2)c1. The summed E-state index contributed by atoms with van der Waals surface area (Å²) in [5, 5.41) is 0. The lowest BCUT2D eigenvalue weighted by Gasteiger charge is -2.30. The second kappa shape index (κ2) is 9.96. The van der Waals surface area contributed by atoms with Crippen LogP contribution in [0.4, 0.5) is 0 Å². The Bertz CT molecular complexity index is 1260. The highest BCUT2D eigenvalue weighted by Crippen LogP contribution is 2.30. The second-order valence-electron chi connectivity index (χ2n) is 8.90. The number of fused-ring (bicyclic) bond motifs is 1. The summed E-state index contributed by atoms with van der Waals surface area (Å²) in [6.07, 6.45) is 2.19. The predicted octanol–water partition coefficient (Wildman–Crippen LogP) is 6.10. The molecule has 0 atom stereocenters. The summed E-state index contributed by atoms with van der Waals surface area (Å²) < 4.78 is 5.42. The van der Waals surface area contributed by atoms with Crippen LogP contribution >= 0.6 is 0 Å². The van der Waals surface area contributed by atoms with Crippen molar-refractivity contribution < 1.29 is 9.53 Å². The number of hydrogen-bond acceptors (Lipinski definition) is 2. The Kier molecular flexibility index (Phi) is 6.44. The first kappa shape index (κ1) is 22.0. The Morgan fingerprint density at radius 1 is 0.824 bits per heavy atom. The molecule has 170 valence electrons. The average molecular weight is 448 g/mol. The highest BCUT2D eigenvalue weighted by atomic mass is 16.5. The zero-order valence-electron chi connectivity index (χ0n) is 19.5. The van der Waals surface area contributed by atoms with Gasteiger partial charge in [-0.15, -0.1) is 0 Å². The topological polar surface area (TPSA) is 29.5 Å². The largest absolute Gasteiger partial charge is 0.497 e. The lowest BCUT2D eigenvalue weighted by molar-refractivity contribution is -0.133. The Hall–Kier alpha value is -3.85. The normalized spacial score (nSPS) is 12.9. The highest BCUT2D eigenvalue weighted by Gasteiger charge is 2.30. The lowest BCUT2D eigenvalue weighted by atomic mass is 9.96. The fourth-order valence-electron chi connectivity index (χ4n) is 4.97. The summed E-state index contributed by atoms with van der Waals surface area (Å²) in [5.74, 6) is 0.977. The van der Waals surface area contributed by atoms with E-state index in [1.807, 2.05) is 48.5 Å². The molecular weight excluding hydrogens is 418 g/mol. The third-order valence-electron chi connectivity index (χ3n) is 6.73. The van der Waals surface area contributed by atoms with Crippen LogP contribution in [0.1, 0.15) is 22.3 Å². The fourth-order valence-corrected chi connectivity index (χ4v) is 4.97. The molecule has 3 heteroatoms. The number of ether oxygens (including phenoxy) is 1. The van der Waals surface area contributed by atoms with E-state index in [0.717, 1.165) is 40.8 Å². The van der Waals surface area contributed by atoms with Gasteiger partial charge in [-0.25, -0.2) is 0 Å². The van der Waals surface area contributed by atoms with Crippen LogP contribution in [-0.4, -0.2) is 24.0 Å². The zero-order valence-corrected chi connectivity index (χ0v) is 19.5. The van der Waals surface area contributed by atoms with Gasteiger partial charge in [0.25, 0.3) is 0 Å². The van der Waals surface area contributed by atoms with Crippen molar-refractivity contribution in [3.63, 3.8) is 0 Å². The summed E-state index contributed by atoms with van der Waals surface area (Å²) in [6.45, 7) is 0.625. The van der Waals surface area contributed by atoms with Crippen molar-refractivity contribution in [1.82, 2.24) is 4.90 Å². The average Bonchev–Trinajstić information content (AvgIpc) is 3.32. The number of nitrogens with zero attached hydrogens (tertiary/aromatic N) is 1. The van der Waals surface area contributed by atoms with Gasteiger partial charge in [0.1, 0.15) is 5.75 Å². The molecule has 4 aromatic carbocycles. The molecule has 34 heavy (non-hydrogen) atoms. The number of carbonyl (C=O) groups is 1. The summed E-state index contributed by atoms with van der Waals surface area (Å²) in [7, 11) is 1.68. The van der Waals surface area contributed by atoms with Crippen molar-refractivity contribution in [3.8, 4) is 16.9 Å². The van der Waals surface area contributed by atoms with E-state index < -0.39 is 0 Å². The van der Waals surface area contributed by atoms with Crippen LogP contribution in [0.5, 0.6) is 5.75 Å². The van der Waals surface area contributed by atoms with Gasteiger partial charge in [-0.05, 0) is 58.4 Å². The number of methoxy groups -OCH3 is 1. The van der Waals surface area contributed by atoms with Crippen molar-refractivity contribution in [1.29, 1.82) is 0 Å². The summed E-state index contributed by atoms with van der Waals surface area (Å²) in [5.41, 5.74) is 7.04. The van der Waals surface area contributed by atoms with Crippen LogP contribution in [0.15, 0.2) is 103 Å². The van der Waals surface area contributed by atoms with E-state index in [9.17, 15) is 4.79 Å². The molecule has 0 unspecified atom stereocenters. The molecule has 5 rings (SSSR count). The molecule has 0 spiro atoms. The first-order valence-corrected chi connectivity index (χ1v) is 11.8. The minimum absolute atomic E-state index is 0.164. The van der Waals surface area contributed by atoms with Crippen molar-refractivity contribution in [2.45, 2.75) is 31.8 Å². The van der Waals surface area contributed by atoms with Gasteiger partial charge in [-0.1, -0.05) is 91.0 Å². The quantitative estimate of drug-likeness (QED) is 0.343. The molecule has 0 saturated carbocycles. The van der Waals surface area contributed by atoms with E-state index in [-0.39, 0.29) is 11.9 Å². The molecule has 0 heterocycles. The van der Waals surface area contributed by atoms with Crippen molar-refractivity contribution in [2.75, 3.05) is 7.11 Å². The minimum atomic E-state index is 0.164. The maximum atomic E-state index is 13.9. The van der Waals surface area contributed by atoms with Crippen molar-refractivity contribution >= 4 is 5.91 Å². The first-order valence-electron chi connectivity index (χ1n) is 11.8. The molecule has 0 radical (unpaired) electrons. The summed E-state index contributed by atoms with van der Waals surface area (Å²) in [6, 6.07) is 35.3. The molecule has 0 aliphatic heterocycles. The third-order valence-corrected chi connectivity index (χ3v) is 6.73. The van der Waals surface area contributed by atoms with E-state index in [1.54, 1.807) is 7.11 Å². The fraction of sp³-hybridized carbons (Fsp3) is 0.194. The van der Waals surface area contributed by atoms with Crippen LogP contribution in [0, 0.1) is 0 Å². The zero-order chi connectivity index (χ0) is 23.3. The maximum absolute atomic E-state index is 13.9. The highest BCUT2D eigenvalue weighted by molar-refractivity contribution is 5.82. The number of carbonyl (C=O) groups excluding carboxylic acids is 1. The van der Waals surface area contributed by atoms with Gasteiger partial charge in [0.05, 0.1) is 13.5 Å². The molecule has 1 aliphatic carbocycles. The molecule has 4 aromatic rings. The monoisotopic (exact) mass is 447 g/mol. The molecule has 0 bridgehead atoms. The Morgan fingerprint density at radius 2 is 1.50 bits per heavy atom. The Morgan fingerprint density at radius 3 is 2.24 bits per heavy atom.